The Kier molecular flexibility index (Phi) is 6.63. The molecular weight excluding hydrogens is 345 g/mol. The molecule has 0 aromatic heterocycles. The molecule has 0 aliphatic heterocycles. The fourth-order valence-corrected chi connectivity index (χ4v) is 2.21. The van der Waals surface area contributed by atoms with E-state index in [1.807, 2.05) is 35.2 Å². The van der Waals surface area contributed by atoms with Crippen molar-refractivity contribution in [2.45, 2.75) is 19.1 Å². The second-order valence-corrected chi connectivity index (χ2v) is 5.88. The molecule has 0 saturated carbocycles. The number of para-hydroxylation sites is 1. The molecule has 0 bridgehead atoms. The number of halogens is 3. The van der Waals surface area contributed by atoms with E-state index in [1.54, 1.807) is 14.0 Å². The van der Waals surface area contributed by atoms with Crippen molar-refractivity contribution >= 4 is 11.6 Å². The molecule has 140 valence electrons. The van der Waals surface area contributed by atoms with Crippen LogP contribution in [0.4, 0.5) is 18.9 Å². The normalized spacial score (nSPS) is 12.7. The lowest BCUT2D eigenvalue weighted by Gasteiger charge is -2.24. The number of carbonyl (C=O) groups excluding carboxylic acids is 1. The van der Waals surface area contributed by atoms with Gasteiger partial charge in [-0.15, -0.1) is 0 Å². The van der Waals surface area contributed by atoms with E-state index in [0.29, 0.717) is 18.8 Å². The molecule has 0 fully saturated rings. The Bertz CT molecular complexity index is 703. The minimum Gasteiger partial charge on any atom is -0.492 e. The summed E-state index contributed by atoms with van der Waals surface area (Å²) in [4.78, 5) is 14.1. The van der Waals surface area contributed by atoms with Gasteiger partial charge in [-0.3, -0.25) is 9.69 Å². The number of rotatable bonds is 7. The average Bonchev–Trinajstić information content (AvgIpc) is 2.61. The molecule has 0 radical (unpaired) electrons. The number of carbonyl (C=O) groups is 1. The number of anilines is 1. The maximum absolute atomic E-state index is 12.6. The van der Waals surface area contributed by atoms with E-state index >= 15 is 0 Å². The molecule has 0 saturated heterocycles. The van der Waals surface area contributed by atoms with E-state index in [9.17, 15) is 18.0 Å². The fraction of sp³-hybridized carbons (Fsp3) is 0.316. The van der Waals surface area contributed by atoms with E-state index < -0.39 is 17.8 Å². The first-order valence-corrected chi connectivity index (χ1v) is 8.13. The number of likely N-dealkylation sites (N-methyl/N-ethyl adjacent to an activating group) is 1. The van der Waals surface area contributed by atoms with Crippen LogP contribution in [0.2, 0.25) is 0 Å². The molecule has 2 aromatic carbocycles. The van der Waals surface area contributed by atoms with Gasteiger partial charge < -0.3 is 10.1 Å². The summed E-state index contributed by atoms with van der Waals surface area (Å²) in [6.45, 7) is 2.66. The van der Waals surface area contributed by atoms with Crippen molar-refractivity contribution in [3.8, 4) is 5.75 Å². The summed E-state index contributed by atoms with van der Waals surface area (Å²) in [6.07, 6.45) is -4.39. The largest absolute Gasteiger partial charge is 0.492 e. The third-order valence-electron chi connectivity index (χ3n) is 3.98. The highest BCUT2D eigenvalue weighted by molar-refractivity contribution is 5.94. The number of amides is 1. The Morgan fingerprint density at radius 1 is 1.12 bits per heavy atom. The zero-order valence-corrected chi connectivity index (χ0v) is 14.6. The second-order valence-electron chi connectivity index (χ2n) is 5.88. The number of nitrogens with zero attached hydrogens (tertiary/aromatic N) is 1. The van der Waals surface area contributed by atoms with Crippen LogP contribution in [0.5, 0.6) is 5.75 Å². The fourth-order valence-electron chi connectivity index (χ4n) is 2.21. The summed E-state index contributed by atoms with van der Waals surface area (Å²) in [5, 5.41) is 2.62. The van der Waals surface area contributed by atoms with Gasteiger partial charge in [0, 0.05) is 12.2 Å². The summed E-state index contributed by atoms with van der Waals surface area (Å²) in [5.41, 5.74) is -0.428. The summed E-state index contributed by atoms with van der Waals surface area (Å²) >= 11 is 0. The van der Waals surface area contributed by atoms with Crippen LogP contribution in [0.3, 0.4) is 0 Å². The molecule has 2 rings (SSSR count). The minimum atomic E-state index is -4.39. The number of benzene rings is 2. The number of nitrogens with one attached hydrogen (secondary N) is 1. The van der Waals surface area contributed by atoms with Crippen LogP contribution in [0.15, 0.2) is 54.6 Å². The number of hydrogen-bond acceptors (Lipinski definition) is 3. The zero-order valence-electron chi connectivity index (χ0n) is 14.6. The molecule has 1 amide bonds. The van der Waals surface area contributed by atoms with Crippen molar-refractivity contribution in [1.82, 2.24) is 4.90 Å². The molecule has 0 heterocycles. The Morgan fingerprint density at radius 3 is 2.31 bits per heavy atom. The maximum Gasteiger partial charge on any atom is 0.416 e. The van der Waals surface area contributed by atoms with Crippen LogP contribution in [-0.4, -0.2) is 37.0 Å². The second kappa shape index (κ2) is 8.71. The van der Waals surface area contributed by atoms with Crippen molar-refractivity contribution in [1.29, 1.82) is 0 Å². The van der Waals surface area contributed by atoms with Crippen LogP contribution in [0.25, 0.3) is 0 Å². The predicted molar refractivity (Wildman–Crippen MR) is 94.1 cm³/mol. The van der Waals surface area contributed by atoms with Crippen LogP contribution >= 0.6 is 0 Å². The van der Waals surface area contributed by atoms with Crippen LogP contribution in [-0.2, 0) is 11.0 Å². The lowest BCUT2D eigenvalue weighted by molar-refractivity contribution is -0.137. The van der Waals surface area contributed by atoms with Gasteiger partial charge in [-0.25, -0.2) is 0 Å². The first-order chi connectivity index (χ1) is 12.3. The standard InChI is InChI=1S/C19H21F3N2O2/c1-14(24(2)12-13-26-17-6-4-3-5-7-17)18(25)23-16-10-8-15(9-11-16)19(20,21)22/h3-11,14H,12-13H2,1-2H3,(H,23,25)/t14-/m1/s1. The van der Waals surface area contributed by atoms with Crippen LogP contribution in [0.1, 0.15) is 12.5 Å². The Hall–Kier alpha value is -2.54. The molecule has 0 aliphatic rings. The van der Waals surface area contributed by atoms with Crippen molar-refractivity contribution in [3.63, 3.8) is 0 Å². The van der Waals surface area contributed by atoms with Gasteiger partial charge in [0.2, 0.25) is 5.91 Å². The first-order valence-electron chi connectivity index (χ1n) is 8.13. The van der Waals surface area contributed by atoms with Gasteiger partial charge in [0.25, 0.3) is 0 Å². The molecule has 26 heavy (non-hydrogen) atoms. The molecule has 7 heteroatoms. The lowest BCUT2D eigenvalue weighted by atomic mass is 10.2. The van der Waals surface area contributed by atoms with Crippen molar-refractivity contribution in [2.24, 2.45) is 0 Å². The highest BCUT2D eigenvalue weighted by Crippen LogP contribution is 2.29. The molecule has 1 N–H and O–H groups in total. The van der Waals surface area contributed by atoms with Crippen molar-refractivity contribution in [3.05, 3.63) is 60.2 Å². The van der Waals surface area contributed by atoms with Gasteiger partial charge in [0.05, 0.1) is 11.6 Å². The van der Waals surface area contributed by atoms with Crippen molar-refractivity contribution < 1.29 is 22.7 Å². The molecule has 1 atom stereocenters. The summed E-state index contributed by atoms with van der Waals surface area (Å²) in [5.74, 6) is 0.453. The molecule has 0 spiro atoms. The Morgan fingerprint density at radius 2 is 1.73 bits per heavy atom. The molecule has 2 aromatic rings. The summed E-state index contributed by atoms with van der Waals surface area (Å²) in [6, 6.07) is 13.2. The van der Waals surface area contributed by atoms with E-state index in [2.05, 4.69) is 5.32 Å². The van der Waals surface area contributed by atoms with Crippen LogP contribution < -0.4 is 10.1 Å². The number of hydrogen-bond donors (Lipinski definition) is 1. The Labute approximate surface area is 150 Å². The SMILES string of the molecule is C[C@H](C(=O)Nc1ccc(C(F)(F)F)cc1)N(C)CCOc1ccccc1. The van der Waals surface area contributed by atoms with Gasteiger partial charge >= 0.3 is 6.18 Å². The van der Waals surface area contributed by atoms with Gasteiger partial charge in [-0.1, -0.05) is 18.2 Å². The summed E-state index contributed by atoms with van der Waals surface area (Å²) in [7, 11) is 1.78. The monoisotopic (exact) mass is 366 g/mol. The van der Waals surface area contributed by atoms with Gasteiger partial charge in [0.1, 0.15) is 12.4 Å². The lowest BCUT2D eigenvalue weighted by Crippen LogP contribution is -2.41. The van der Waals surface area contributed by atoms with E-state index in [1.165, 1.54) is 12.1 Å². The number of ether oxygens (including phenoxy) is 1. The smallest absolute Gasteiger partial charge is 0.416 e. The first kappa shape index (κ1) is 19.8. The molecule has 4 nitrogen and oxygen atoms in total. The quantitative estimate of drug-likeness (QED) is 0.804. The van der Waals surface area contributed by atoms with E-state index in [4.69, 9.17) is 4.74 Å². The molecule has 0 aliphatic carbocycles. The highest BCUT2D eigenvalue weighted by Gasteiger charge is 2.30. The van der Waals surface area contributed by atoms with E-state index in [0.717, 1.165) is 17.9 Å². The predicted octanol–water partition coefficient (Wildman–Crippen LogP) is 4.04. The third kappa shape index (κ3) is 5.77. The topological polar surface area (TPSA) is 41.6 Å². The van der Waals surface area contributed by atoms with Crippen LogP contribution in [0, 0.1) is 0 Å². The Balaban J connectivity index is 1.82. The molecular formula is C19H21F3N2O2. The van der Waals surface area contributed by atoms with Gasteiger partial charge in [0.15, 0.2) is 0 Å². The van der Waals surface area contributed by atoms with Gasteiger partial charge in [-0.2, -0.15) is 13.2 Å². The summed E-state index contributed by atoms with van der Waals surface area (Å²) < 4.78 is 43.2. The molecule has 0 unspecified atom stereocenters. The maximum atomic E-state index is 12.6. The van der Waals surface area contributed by atoms with E-state index in [-0.39, 0.29) is 5.91 Å². The highest BCUT2D eigenvalue weighted by atomic mass is 19.4. The minimum absolute atomic E-state index is 0.299. The third-order valence-corrected chi connectivity index (χ3v) is 3.98. The van der Waals surface area contributed by atoms with Gasteiger partial charge in [-0.05, 0) is 50.4 Å². The van der Waals surface area contributed by atoms with Crippen molar-refractivity contribution in [2.75, 3.05) is 25.5 Å². The zero-order chi connectivity index (χ0) is 19.2. The average molecular weight is 366 g/mol. The number of alkyl halides is 3.